The molecule has 22 heavy (non-hydrogen) atoms. The highest BCUT2D eigenvalue weighted by Gasteiger charge is 2.32. The zero-order valence-electron chi connectivity index (χ0n) is 12.1. The number of halogens is 1. The normalized spacial score (nSPS) is 20.4. The van der Waals surface area contributed by atoms with Gasteiger partial charge in [0.15, 0.2) is 15.0 Å². The SMILES string of the molecule is Cn1c(SCc2ccc(Br)cc2)nnc1C1CCS(=O)(=O)C1. The Morgan fingerprint density at radius 3 is 2.68 bits per heavy atom. The van der Waals surface area contributed by atoms with E-state index in [1.54, 1.807) is 11.8 Å². The first-order valence-corrected chi connectivity index (χ1v) is 10.5. The van der Waals surface area contributed by atoms with Gasteiger partial charge in [-0.25, -0.2) is 8.42 Å². The molecule has 0 amide bonds. The Hall–Kier alpha value is -0.860. The van der Waals surface area contributed by atoms with Gasteiger partial charge < -0.3 is 4.57 Å². The van der Waals surface area contributed by atoms with E-state index in [4.69, 9.17) is 0 Å². The largest absolute Gasteiger partial charge is 0.309 e. The molecule has 1 atom stereocenters. The van der Waals surface area contributed by atoms with Gasteiger partial charge in [0.2, 0.25) is 0 Å². The second kappa shape index (κ2) is 6.33. The van der Waals surface area contributed by atoms with Crippen molar-refractivity contribution in [3.63, 3.8) is 0 Å². The van der Waals surface area contributed by atoms with Crippen LogP contribution in [0.1, 0.15) is 23.7 Å². The number of benzene rings is 1. The third kappa shape index (κ3) is 3.55. The number of sulfone groups is 1. The van der Waals surface area contributed by atoms with Crippen LogP contribution in [0.2, 0.25) is 0 Å². The third-order valence-electron chi connectivity index (χ3n) is 3.75. The number of hydrogen-bond acceptors (Lipinski definition) is 5. The van der Waals surface area contributed by atoms with Crippen molar-refractivity contribution < 1.29 is 8.42 Å². The van der Waals surface area contributed by atoms with Crippen molar-refractivity contribution in [3.05, 3.63) is 40.1 Å². The smallest absolute Gasteiger partial charge is 0.191 e. The Balaban J connectivity index is 1.70. The Kier molecular flexibility index (Phi) is 4.61. The number of nitrogens with zero attached hydrogens (tertiary/aromatic N) is 3. The molecule has 1 aliphatic rings. The molecule has 3 rings (SSSR count). The first kappa shape index (κ1) is 16.0. The monoisotopic (exact) mass is 401 g/mol. The summed E-state index contributed by atoms with van der Waals surface area (Å²) in [6.45, 7) is 0. The molecule has 1 aromatic carbocycles. The molecule has 0 aliphatic carbocycles. The Bertz CT molecular complexity index is 772. The van der Waals surface area contributed by atoms with Crippen LogP contribution in [-0.4, -0.2) is 34.7 Å². The molecule has 118 valence electrons. The van der Waals surface area contributed by atoms with E-state index in [2.05, 4.69) is 38.3 Å². The second-order valence-electron chi connectivity index (χ2n) is 5.41. The van der Waals surface area contributed by atoms with Crippen molar-refractivity contribution in [2.24, 2.45) is 7.05 Å². The van der Waals surface area contributed by atoms with E-state index in [1.165, 1.54) is 5.56 Å². The van der Waals surface area contributed by atoms with Gasteiger partial charge in [0, 0.05) is 23.2 Å². The maximum absolute atomic E-state index is 11.6. The number of rotatable bonds is 4. The maximum Gasteiger partial charge on any atom is 0.191 e. The molecular formula is C14H16BrN3O2S2. The Labute approximate surface area is 142 Å². The van der Waals surface area contributed by atoms with Crippen molar-refractivity contribution in [2.75, 3.05) is 11.5 Å². The molecule has 2 aromatic rings. The van der Waals surface area contributed by atoms with Gasteiger partial charge >= 0.3 is 0 Å². The zero-order chi connectivity index (χ0) is 15.7. The van der Waals surface area contributed by atoms with Crippen LogP contribution < -0.4 is 0 Å². The fourth-order valence-corrected chi connectivity index (χ4v) is 5.41. The highest BCUT2D eigenvalue weighted by Crippen LogP contribution is 2.30. The summed E-state index contributed by atoms with van der Waals surface area (Å²) >= 11 is 5.03. The average molecular weight is 402 g/mol. The summed E-state index contributed by atoms with van der Waals surface area (Å²) in [5.41, 5.74) is 1.21. The van der Waals surface area contributed by atoms with E-state index in [9.17, 15) is 8.42 Å². The van der Waals surface area contributed by atoms with Gasteiger partial charge in [0.1, 0.15) is 5.82 Å². The summed E-state index contributed by atoms with van der Waals surface area (Å²) in [6.07, 6.45) is 0.645. The van der Waals surface area contributed by atoms with Gasteiger partial charge in [0.05, 0.1) is 11.5 Å². The standard InChI is InChI=1S/C14H16BrN3O2S2/c1-18-13(11-6-7-22(19,20)9-11)16-17-14(18)21-8-10-2-4-12(15)5-3-10/h2-5,11H,6-9H2,1H3. The van der Waals surface area contributed by atoms with Crippen LogP contribution in [0.3, 0.4) is 0 Å². The van der Waals surface area contributed by atoms with Gasteiger partial charge in [0.25, 0.3) is 0 Å². The molecule has 1 aromatic heterocycles. The summed E-state index contributed by atoms with van der Waals surface area (Å²) < 4.78 is 26.2. The molecule has 1 fully saturated rings. The highest BCUT2D eigenvalue weighted by atomic mass is 79.9. The van der Waals surface area contributed by atoms with Crippen LogP contribution in [0.4, 0.5) is 0 Å². The summed E-state index contributed by atoms with van der Waals surface area (Å²) in [5.74, 6) is 2.01. The average Bonchev–Trinajstić information content (AvgIpc) is 3.01. The molecule has 5 nitrogen and oxygen atoms in total. The summed E-state index contributed by atoms with van der Waals surface area (Å²) in [4.78, 5) is 0. The second-order valence-corrected chi connectivity index (χ2v) is 9.50. The first-order valence-electron chi connectivity index (χ1n) is 6.91. The zero-order valence-corrected chi connectivity index (χ0v) is 15.3. The van der Waals surface area contributed by atoms with Crippen LogP contribution in [-0.2, 0) is 22.6 Å². The molecule has 0 radical (unpaired) electrons. The molecule has 0 bridgehead atoms. The van der Waals surface area contributed by atoms with Gasteiger partial charge in [-0.05, 0) is 24.1 Å². The minimum Gasteiger partial charge on any atom is -0.309 e. The Morgan fingerprint density at radius 1 is 1.32 bits per heavy atom. The lowest BCUT2D eigenvalue weighted by Crippen LogP contribution is -2.09. The van der Waals surface area contributed by atoms with Crippen LogP contribution in [0.5, 0.6) is 0 Å². The van der Waals surface area contributed by atoms with Crippen molar-refractivity contribution in [1.29, 1.82) is 0 Å². The van der Waals surface area contributed by atoms with Crippen molar-refractivity contribution in [2.45, 2.75) is 23.2 Å². The van der Waals surface area contributed by atoms with Gasteiger partial charge in [-0.15, -0.1) is 10.2 Å². The fraction of sp³-hybridized carbons (Fsp3) is 0.429. The maximum atomic E-state index is 11.6. The molecule has 0 saturated carbocycles. The quantitative estimate of drug-likeness (QED) is 0.736. The molecule has 0 N–H and O–H groups in total. The van der Waals surface area contributed by atoms with E-state index in [0.717, 1.165) is 21.2 Å². The van der Waals surface area contributed by atoms with E-state index in [0.29, 0.717) is 6.42 Å². The van der Waals surface area contributed by atoms with E-state index in [1.807, 2.05) is 23.7 Å². The molecule has 1 saturated heterocycles. The number of hydrogen-bond donors (Lipinski definition) is 0. The van der Waals surface area contributed by atoms with Crippen molar-refractivity contribution in [3.8, 4) is 0 Å². The van der Waals surface area contributed by atoms with Crippen LogP contribution in [0.25, 0.3) is 0 Å². The molecule has 0 spiro atoms. The number of aromatic nitrogens is 3. The minimum absolute atomic E-state index is 0.0236. The molecule has 1 unspecified atom stereocenters. The topological polar surface area (TPSA) is 64.8 Å². The van der Waals surface area contributed by atoms with Crippen LogP contribution >= 0.6 is 27.7 Å². The summed E-state index contributed by atoms with van der Waals surface area (Å²) in [7, 11) is -0.996. The lowest BCUT2D eigenvalue weighted by molar-refractivity contribution is 0.599. The van der Waals surface area contributed by atoms with E-state index >= 15 is 0 Å². The minimum atomic E-state index is -2.90. The lowest BCUT2D eigenvalue weighted by atomic mass is 10.1. The lowest BCUT2D eigenvalue weighted by Gasteiger charge is -2.08. The van der Waals surface area contributed by atoms with Crippen LogP contribution in [0.15, 0.2) is 33.9 Å². The van der Waals surface area contributed by atoms with Crippen molar-refractivity contribution >= 4 is 37.5 Å². The van der Waals surface area contributed by atoms with Gasteiger partial charge in [-0.3, -0.25) is 0 Å². The molecular weight excluding hydrogens is 386 g/mol. The van der Waals surface area contributed by atoms with Crippen molar-refractivity contribution in [1.82, 2.24) is 14.8 Å². The van der Waals surface area contributed by atoms with Gasteiger partial charge in [-0.2, -0.15) is 0 Å². The highest BCUT2D eigenvalue weighted by molar-refractivity contribution is 9.10. The molecule has 8 heteroatoms. The first-order chi connectivity index (χ1) is 10.4. The number of thioether (sulfide) groups is 1. The van der Waals surface area contributed by atoms with Crippen LogP contribution in [0, 0.1) is 0 Å². The summed E-state index contributed by atoms with van der Waals surface area (Å²) in [5, 5.41) is 9.24. The summed E-state index contributed by atoms with van der Waals surface area (Å²) in [6, 6.07) is 8.17. The predicted molar refractivity (Wildman–Crippen MR) is 90.7 cm³/mol. The van der Waals surface area contributed by atoms with E-state index in [-0.39, 0.29) is 17.4 Å². The molecule has 2 heterocycles. The fourth-order valence-electron chi connectivity index (χ4n) is 2.53. The Morgan fingerprint density at radius 2 is 2.05 bits per heavy atom. The molecule has 1 aliphatic heterocycles. The predicted octanol–water partition coefficient (Wildman–Crippen LogP) is 2.77. The van der Waals surface area contributed by atoms with Gasteiger partial charge in [-0.1, -0.05) is 39.8 Å². The van der Waals surface area contributed by atoms with E-state index < -0.39 is 9.84 Å². The third-order valence-corrected chi connectivity index (χ3v) is 7.14.